The van der Waals surface area contributed by atoms with Crippen LogP contribution in [0.25, 0.3) is 0 Å². The molecule has 0 aliphatic rings. The van der Waals surface area contributed by atoms with Crippen LogP contribution in [0.1, 0.15) is 80.8 Å². The monoisotopic (exact) mass is 598 g/mol. The molecule has 0 bridgehead atoms. The van der Waals surface area contributed by atoms with E-state index < -0.39 is 7.94 Å². The molecule has 164 valence electrons. The molecule has 3 nitrogen and oxygen atoms in total. The van der Waals surface area contributed by atoms with Crippen LogP contribution in [0.4, 0.5) is 0 Å². The third-order valence-corrected chi connectivity index (χ3v) is 6.24. The van der Waals surface area contributed by atoms with Crippen molar-refractivity contribution in [3.63, 3.8) is 0 Å². The van der Waals surface area contributed by atoms with Crippen LogP contribution in [0.15, 0.2) is 36.4 Å². The Labute approximate surface area is 191 Å². The predicted octanol–water partition coefficient (Wildman–Crippen LogP) is 5.77. The fourth-order valence-corrected chi connectivity index (χ4v) is 5.02. The average molecular weight is 599 g/mol. The molecule has 0 unspecified atom stereocenters. The maximum atomic E-state index is 10.1. The summed E-state index contributed by atoms with van der Waals surface area (Å²) in [7, 11) is -3.99. The minimum atomic E-state index is -3.99. The maximum absolute atomic E-state index is 10.1. The Morgan fingerprint density at radius 1 is 0.724 bits per heavy atom. The molecule has 0 aliphatic heterocycles. The van der Waals surface area contributed by atoms with Gasteiger partial charge >= 0.3 is 7.94 Å². The van der Waals surface area contributed by atoms with Crippen molar-refractivity contribution in [3.8, 4) is 0 Å². The molecule has 0 aliphatic carbocycles. The fourth-order valence-electron chi connectivity index (χ4n) is 4.17. The van der Waals surface area contributed by atoms with Gasteiger partial charge in [0.1, 0.15) is 0 Å². The summed E-state index contributed by atoms with van der Waals surface area (Å²) < 4.78 is 0. The van der Waals surface area contributed by atoms with Crippen molar-refractivity contribution in [1.82, 2.24) is 0 Å². The van der Waals surface area contributed by atoms with E-state index in [0.29, 0.717) is 0 Å². The predicted molar refractivity (Wildman–Crippen MR) is 120 cm³/mol. The molecule has 2 aromatic carbocycles. The number of hydrogen-bond acceptors (Lipinski definition) is 3. The normalized spacial score (nSPS) is 12.8. The number of aryl methyl sites for hydroxylation is 2. The zero-order valence-corrected chi connectivity index (χ0v) is 22.0. The molecule has 0 saturated carbocycles. The first-order chi connectivity index (χ1) is 12.6. The largest absolute Gasteiger partial charge is 0.404 e. The van der Waals surface area contributed by atoms with E-state index in [1.165, 1.54) is 11.1 Å². The van der Waals surface area contributed by atoms with Gasteiger partial charge in [-0.2, -0.15) is 14.7 Å². The molecule has 2 rings (SSSR count). The second-order valence-corrected chi connectivity index (χ2v) is 11.8. The topological polar surface area (TPSA) is 60.7 Å². The van der Waals surface area contributed by atoms with Gasteiger partial charge in [0.15, 0.2) is 6.16 Å². The zero-order valence-electron chi connectivity index (χ0n) is 18.9. The average Bonchev–Trinajstić information content (AvgIpc) is 2.50. The Morgan fingerprint density at radius 2 is 1.07 bits per heavy atom. The number of benzene rings is 2. The molecule has 3 N–H and O–H groups in total. The molecule has 0 amide bonds. The SMILES string of the molecule is Cc1cccc(C(C)(C)C)c1C(C[P+](O)(O)O)c1c(C)cccc1C(C)(C)C.[Pt]. The van der Waals surface area contributed by atoms with Gasteiger partial charge in [0.25, 0.3) is 0 Å². The summed E-state index contributed by atoms with van der Waals surface area (Å²) in [5.74, 6) is -0.292. The molecule has 29 heavy (non-hydrogen) atoms. The van der Waals surface area contributed by atoms with E-state index in [1.807, 2.05) is 0 Å². The van der Waals surface area contributed by atoms with E-state index in [1.54, 1.807) is 0 Å². The van der Waals surface area contributed by atoms with Crippen LogP contribution in [0, 0.1) is 13.8 Å². The molecule has 0 heterocycles. The van der Waals surface area contributed by atoms with Gasteiger partial charge in [0, 0.05) is 21.1 Å². The molecule has 0 radical (unpaired) electrons. The van der Waals surface area contributed by atoms with Crippen LogP contribution in [0.5, 0.6) is 0 Å². The van der Waals surface area contributed by atoms with Gasteiger partial charge < -0.3 is 0 Å². The van der Waals surface area contributed by atoms with Gasteiger partial charge in [-0.25, -0.2) is 0 Å². The molecule has 0 aromatic heterocycles. The Kier molecular flexibility index (Phi) is 8.48. The van der Waals surface area contributed by atoms with Crippen molar-refractivity contribution < 1.29 is 35.7 Å². The second-order valence-electron chi connectivity index (χ2n) is 10.0. The Hall–Kier alpha value is -0.562. The van der Waals surface area contributed by atoms with Crippen molar-refractivity contribution in [2.24, 2.45) is 0 Å². The van der Waals surface area contributed by atoms with Crippen LogP contribution in [0.2, 0.25) is 0 Å². The van der Waals surface area contributed by atoms with Crippen molar-refractivity contribution in [2.45, 2.75) is 72.1 Å². The van der Waals surface area contributed by atoms with Crippen molar-refractivity contribution in [2.75, 3.05) is 6.16 Å². The second kappa shape index (κ2) is 9.29. The van der Waals surface area contributed by atoms with E-state index >= 15 is 0 Å². The van der Waals surface area contributed by atoms with E-state index in [4.69, 9.17) is 0 Å². The first-order valence-electron chi connectivity index (χ1n) is 9.89. The summed E-state index contributed by atoms with van der Waals surface area (Å²) in [4.78, 5) is 30.3. The van der Waals surface area contributed by atoms with Crippen LogP contribution >= 0.6 is 7.94 Å². The van der Waals surface area contributed by atoms with Gasteiger partial charge in [-0.3, -0.25) is 0 Å². The Balaban J connectivity index is 0.00000420. The summed E-state index contributed by atoms with van der Waals surface area (Å²) in [6, 6.07) is 12.5. The van der Waals surface area contributed by atoms with Crippen LogP contribution in [-0.4, -0.2) is 20.8 Å². The minimum absolute atomic E-state index is 0. The van der Waals surface area contributed by atoms with Crippen LogP contribution in [0.3, 0.4) is 0 Å². The first kappa shape index (κ1) is 26.5. The van der Waals surface area contributed by atoms with E-state index in [9.17, 15) is 14.7 Å². The summed E-state index contributed by atoms with van der Waals surface area (Å²) >= 11 is 0. The van der Waals surface area contributed by atoms with Gasteiger partial charge in [0.05, 0.1) is 5.92 Å². The molecule has 5 heteroatoms. The standard InChI is InChI=1S/C24H36O3P.Pt/c1-16-11-9-13-19(23(3,4)5)21(16)18(15-28(25,26)27)22-17(2)12-10-14-20(22)24(6,7)8;/h9-14,18,25-27H,15H2,1-8H3;/q+1;. The quantitative estimate of drug-likeness (QED) is 0.392. The molecule has 0 fully saturated rings. The summed E-state index contributed by atoms with van der Waals surface area (Å²) in [6.45, 7) is 17.2. The maximum Gasteiger partial charge on any atom is 0.404 e. The Morgan fingerprint density at radius 3 is 1.34 bits per heavy atom. The van der Waals surface area contributed by atoms with Crippen molar-refractivity contribution in [1.29, 1.82) is 0 Å². The number of hydrogen-bond donors (Lipinski definition) is 3. The van der Waals surface area contributed by atoms with Gasteiger partial charge in [0.2, 0.25) is 0 Å². The van der Waals surface area contributed by atoms with E-state index in [2.05, 4.69) is 91.8 Å². The van der Waals surface area contributed by atoms with Gasteiger partial charge in [-0.05, 0) is 58.1 Å². The third kappa shape index (κ3) is 6.46. The Bertz CT molecular complexity index is 779. The third-order valence-electron chi connectivity index (χ3n) is 5.39. The van der Waals surface area contributed by atoms with E-state index in [0.717, 1.165) is 22.3 Å². The summed E-state index contributed by atoms with van der Waals surface area (Å²) in [5, 5.41) is 0. The van der Waals surface area contributed by atoms with Gasteiger partial charge in [-0.15, -0.1) is 0 Å². The molecule has 2 aromatic rings. The summed E-state index contributed by atoms with van der Waals surface area (Å²) in [5.41, 5.74) is 6.54. The smallest absolute Gasteiger partial charge is 0.193 e. The van der Waals surface area contributed by atoms with Crippen LogP contribution in [-0.2, 0) is 31.9 Å². The molecule has 0 saturated heterocycles. The first-order valence-corrected chi connectivity index (χ1v) is 11.7. The number of rotatable bonds is 4. The zero-order chi connectivity index (χ0) is 21.5. The fraction of sp³-hybridized carbons (Fsp3) is 0.500. The molecule has 0 atom stereocenters. The van der Waals surface area contributed by atoms with Crippen molar-refractivity contribution >= 4 is 7.94 Å². The van der Waals surface area contributed by atoms with Crippen LogP contribution < -0.4 is 0 Å². The van der Waals surface area contributed by atoms with E-state index in [-0.39, 0.29) is 44.0 Å². The molecular formula is C24H36O3PPt+. The minimum Gasteiger partial charge on any atom is -0.193 e. The summed E-state index contributed by atoms with van der Waals surface area (Å²) in [6.07, 6.45) is -0.0745. The molecule has 0 spiro atoms. The van der Waals surface area contributed by atoms with Gasteiger partial charge in [-0.1, -0.05) is 77.9 Å². The van der Waals surface area contributed by atoms with Crippen molar-refractivity contribution in [3.05, 3.63) is 69.8 Å². The molecular weight excluding hydrogens is 562 g/mol.